The topological polar surface area (TPSA) is 77.2 Å². The molecule has 1 N–H and O–H groups in total. The van der Waals surface area contributed by atoms with E-state index < -0.39 is 6.04 Å². The molecule has 2 aromatic carbocycles. The van der Waals surface area contributed by atoms with Crippen LogP contribution in [0.4, 0.5) is 0 Å². The van der Waals surface area contributed by atoms with Crippen molar-refractivity contribution in [2.75, 3.05) is 7.11 Å². The van der Waals surface area contributed by atoms with Crippen LogP contribution in [-0.4, -0.2) is 23.2 Å². The third kappa shape index (κ3) is 4.23. The van der Waals surface area contributed by atoms with E-state index in [1.807, 2.05) is 54.6 Å². The average molecular weight is 337 g/mol. The second-order valence-corrected chi connectivity index (χ2v) is 5.60. The van der Waals surface area contributed by atoms with Crippen molar-refractivity contribution in [3.05, 3.63) is 77.5 Å². The molecule has 0 spiro atoms. The molecule has 0 saturated carbocycles. The van der Waals surface area contributed by atoms with E-state index in [2.05, 4.69) is 15.5 Å². The summed E-state index contributed by atoms with van der Waals surface area (Å²) in [5.41, 5.74) is 1.78. The lowest BCUT2D eigenvalue weighted by Crippen LogP contribution is -2.30. The molecule has 3 aromatic rings. The van der Waals surface area contributed by atoms with Crippen LogP contribution < -0.4 is 10.1 Å². The lowest BCUT2D eigenvalue weighted by Gasteiger charge is -2.16. The van der Waals surface area contributed by atoms with E-state index in [1.165, 1.54) is 0 Å². The first-order valence-electron chi connectivity index (χ1n) is 7.93. The second kappa shape index (κ2) is 7.61. The van der Waals surface area contributed by atoms with Crippen molar-refractivity contribution in [3.63, 3.8) is 0 Å². The highest BCUT2D eigenvalue weighted by molar-refractivity contribution is 5.79. The van der Waals surface area contributed by atoms with Crippen molar-refractivity contribution >= 4 is 5.91 Å². The van der Waals surface area contributed by atoms with Crippen LogP contribution in [0.1, 0.15) is 29.0 Å². The number of nitrogens with zero attached hydrogens (tertiary/aromatic N) is 2. The van der Waals surface area contributed by atoms with Gasteiger partial charge in [0.25, 0.3) is 0 Å². The lowest BCUT2D eigenvalue weighted by molar-refractivity contribution is -0.121. The molecule has 6 nitrogen and oxygen atoms in total. The number of aromatic nitrogens is 2. The summed E-state index contributed by atoms with van der Waals surface area (Å²) >= 11 is 0. The standard InChI is InChI=1S/C19H19N3O3/c1-13-21-22-19(25-13)18(15-6-4-3-5-7-15)20-17(23)12-14-8-10-16(24-2)11-9-14/h3-11,18H,12H2,1-2H3,(H,20,23). The molecule has 0 aliphatic carbocycles. The van der Waals surface area contributed by atoms with Crippen LogP contribution in [0.25, 0.3) is 0 Å². The van der Waals surface area contributed by atoms with E-state index in [4.69, 9.17) is 9.15 Å². The second-order valence-electron chi connectivity index (χ2n) is 5.60. The van der Waals surface area contributed by atoms with Crippen molar-refractivity contribution in [2.24, 2.45) is 0 Å². The Morgan fingerprint density at radius 3 is 2.44 bits per heavy atom. The zero-order valence-electron chi connectivity index (χ0n) is 14.1. The van der Waals surface area contributed by atoms with Gasteiger partial charge in [0.1, 0.15) is 11.8 Å². The summed E-state index contributed by atoms with van der Waals surface area (Å²) in [4.78, 5) is 12.5. The summed E-state index contributed by atoms with van der Waals surface area (Å²) in [6, 6.07) is 16.5. The van der Waals surface area contributed by atoms with Crippen LogP contribution in [0.2, 0.25) is 0 Å². The first-order valence-corrected chi connectivity index (χ1v) is 7.93. The largest absolute Gasteiger partial charge is 0.497 e. The Morgan fingerprint density at radius 1 is 1.12 bits per heavy atom. The molecule has 0 aliphatic rings. The van der Waals surface area contributed by atoms with Gasteiger partial charge in [-0.1, -0.05) is 42.5 Å². The van der Waals surface area contributed by atoms with Gasteiger partial charge in [-0.3, -0.25) is 4.79 Å². The Morgan fingerprint density at radius 2 is 1.84 bits per heavy atom. The van der Waals surface area contributed by atoms with E-state index >= 15 is 0 Å². The highest BCUT2D eigenvalue weighted by atomic mass is 16.5. The average Bonchev–Trinajstić information content (AvgIpc) is 3.07. The van der Waals surface area contributed by atoms with Crippen molar-refractivity contribution in [1.29, 1.82) is 0 Å². The van der Waals surface area contributed by atoms with E-state index in [1.54, 1.807) is 14.0 Å². The Hall–Kier alpha value is -3.15. The number of hydrogen-bond donors (Lipinski definition) is 1. The Labute approximate surface area is 145 Å². The molecular weight excluding hydrogens is 318 g/mol. The van der Waals surface area contributed by atoms with E-state index in [-0.39, 0.29) is 12.3 Å². The first kappa shape index (κ1) is 16.7. The maximum Gasteiger partial charge on any atom is 0.243 e. The molecule has 128 valence electrons. The number of carbonyl (C=O) groups excluding carboxylic acids is 1. The molecule has 0 saturated heterocycles. The van der Waals surface area contributed by atoms with Gasteiger partial charge in [0.05, 0.1) is 13.5 Å². The number of rotatable bonds is 6. The number of nitrogens with one attached hydrogen (secondary N) is 1. The number of methoxy groups -OCH3 is 1. The maximum absolute atomic E-state index is 12.5. The Kier molecular flexibility index (Phi) is 5.09. The molecule has 1 aromatic heterocycles. The lowest BCUT2D eigenvalue weighted by atomic mass is 10.1. The molecular formula is C19H19N3O3. The third-order valence-corrected chi connectivity index (χ3v) is 3.75. The predicted molar refractivity (Wildman–Crippen MR) is 92.2 cm³/mol. The minimum Gasteiger partial charge on any atom is -0.497 e. The van der Waals surface area contributed by atoms with Gasteiger partial charge in [-0.25, -0.2) is 0 Å². The van der Waals surface area contributed by atoms with Crippen molar-refractivity contribution < 1.29 is 13.9 Å². The van der Waals surface area contributed by atoms with Gasteiger partial charge in [0.15, 0.2) is 0 Å². The monoisotopic (exact) mass is 337 g/mol. The Bertz CT molecular complexity index is 829. The number of aryl methyl sites for hydroxylation is 1. The molecule has 1 amide bonds. The number of amides is 1. The van der Waals surface area contributed by atoms with Gasteiger partial charge in [-0.15, -0.1) is 10.2 Å². The molecule has 0 fully saturated rings. The Balaban J connectivity index is 1.76. The summed E-state index contributed by atoms with van der Waals surface area (Å²) in [6.07, 6.45) is 0.250. The smallest absolute Gasteiger partial charge is 0.243 e. The van der Waals surface area contributed by atoms with E-state index in [0.717, 1.165) is 16.9 Å². The van der Waals surface area contributed by atoms with Crippen molar-refractivity contribution in [3.8, 4) is 5.75 Å². The third-order valence-electron chi connectivity index (χ3n) is 3.75. The summed E-state index contributed by atoms with van der Waals surface area (Å²) in [5.74, 6) is 1.45. The van der Waals surface area contributed by atoms with Gasteiger partial charge in [0.2, 0.25) is 17.7 Å². The fraction of sp³-hybridized carbons (Fsp3) is 0.211. The summed E-state index contributed by atoms with van der Waals surface area (Å²) in [7, 11) is 1.61. The fourth-order valence-electron chi connectivity index (χ4n) is 2.50. The molecule has 1 unspecified atom stereocenters. The number of hydrogen-bond acceptors (Lipinski definition) is 5. The van der Waals surface area contributed by atoms with E-state index in [0.29, 0.717) is 11.8 Å². The van der Waals surface area contributed by atoms with Crippen LogP contribution >= 0.6 is 0 Å². The molecule has 1 heterocycles. The van der Waals surface area contributed by atoms with Crippen LogP contribution in [0.15, 0.2) is 59.0 Å². The van der Waals surface area contributed by atoms with Crippen LogP contribution in [-0.2, 0) is 11.2 Å². The SMILES string of the molecule is COc1ccc(CC(=O)NC(c2ccccc2)c2nnc(C)o2)cc1. The molecule has 6 heteroatoms. The predicted octanol–water partition coefficient (Wildman–Crippen LogP) is 2.83. The van der Waals surface area contributed by atoms with Crippen molar-refractivity contribution in [2.45, 2.75) is 19.4 Å². The van der Waals surface area contributed by atoms with Crippen LogP contribution in [0, 0.1) is 6.92 Å². The minimum absolute atomic E-state index is 0.130. The molecule has 1 atom stereocenters. The van der Waals surface area contributed by atoms with Crippen molar-refractivity contribution in [1.82, 2.24) is 15.5 Å². The number of carbonyl (C=O) groups is 1. The van der Waals surface area contributed by atoms with Gasteiger partial charge in [-0.2, -0.15) is 0 Å². The maximum atomic E-state index is 12.5. The molecule has 0 radical (unpaired) electrons. The zero-order valence-corrected chi connectivity index (χ0v) is 14.1. The zero-order chi connectivity index (χ0) is 17.6. The van der Waals surface area contributed by atoms with Crippen LogP contribution in [0.5, 0.6) is 5.75 Å². The molecule has 25 heavy (non-hydrogen) atoms. The highest BCUT2D eigenvalue weighted by Gasteiger charge is 2.22. The summed E-state index contributed by atoms with van der Waals surface area (Å²) < 4.78 is 10.7. The first-order chi connectivity index (χ1) is 12.2. The normalized spacial score (nSPS) is 11.8. The molecule has 0 aliphatic heterocycles. The van der Waals surface area contributed by atoms with Gasteiger partial charge in [0, 0.05) is 6.92 Å². The fourth-order valence-corrected chi connectivity index (χ4v) is 2.50. The molecule has 3 rings (SSSR count). The number of ether oxygens (including phenoxy) is 1. The summed E-state index contributed by atoms with van der Waals surface area (Å²) in [6.45, 7) is 1.72. The highest BCUT2D eigenvalue weighted by Crippen LogP contribution is 2.21. The number of benzene rings is 2. The van der Waals surface area contributed by atoms with Crippen LogP contribution in [0.3, 0.4) is 0 Å². The molecule has 0 bridgehead atoms. The van der Waals surface area contributed by atoms with Gasteiger partial charge < -0.3 is 14.5 Å². The quantitative estimate of drug-likeness (QED) is 0.748. The van der Waals surface area contributed by atoms with Gasteiger partial charge in [-0.05, 0) is 23.3 Å². The summed E-state index contributed by atoms with van der Waals surface area (Å²) in [5, 5.41) is 10.9. The van der Waals surface area contributed by atoms with E-state index in [9.17, 15) is 4.79 Å². The minimum atomic E-state index is -0.479. The van der Waals surface area contributed by atoms with Gasteiger partial charge >= 0.3 is 0 Å².